The predicted octanol–water partition coefficient (Wildman–Crippen LogP) is 4.18. The number of nitrogens with one attached hydrogen (secondary N) is 1. The lowest BCUT2D eigenvalue weighted by Crippen LogP contribution is -2.35. The zero-order valence-corrected chi connectivity index (χ0v) is 15.1. The average molecular weight is 384 g/mol. The van der Waals surface area contributed by atoms with Crippen LogP contribution in [0.15, 0.2) is 60.7 Å². The summed E-state index contributed by atoms with van der Waals surface area (Å²) in [5.41, 5.74) is 1.05. The maximum Gasteiger partial charge on any atom is 0.307 e. The van der Waals surface area contributed by atoms with Gasteiger partial charge in [0, 0.05) is 16.1 Å². The van der Waals surface area contributed by atoms with Crippen molar-refractivity contribution in [2.24, 2.45) is 11.8 Å². The third kappa shape index (κ3) is 4.26. The van der Waals surface area contributed by atoms with Gasteiger partial charge in [0.15, 0.2) is 5.78 Å². The fourth-order valence-corrected chi connectivity index (χ4v) is 3.33. The molecule has 6 heteroatoms. The fourth-order valence-electron chi connectivity index (χ4n) is 3.16. The molecule has 3 rings (SSSR count). The van der Waals surface area contributed by atoms with Crippen LogP contribution >= 0.6 is 11.6 Å². The van der Waals surface area contributed by atoms with Crippen LogP contribution in [0, 0.1) is 11.8 Å². The van der Waals surface area contributed by atoms with Crippen LogP contribution in [0.4, 0.5) is 5.69 Å². The highest BCUT2D eigenvalue weighted by atomic mass is 35.5. The summed E-state index contributed by atoms with van der Waals surface area (Å²) in [5.74, 6) is -3.17. The summed E-state index contributed by atoms with van der Waals surface area (Å²) in [5, 5.41) is 12.5. The summed E-state index contributed by atoms with van der Waals surface area (Å²) < 4.78 is 0. The number of carbonyl (C=O) groups excluding carboxylic acids is 2. The van der Waals surface area contributed by atoms with Gasteiger partial charge in [-0.2, -0.15) is 0 Å². The molecule has 2 aromatic carbocycles. The van der Waals surface area contributed by atoms with Crippen LogP contribution in [0.3, 0.4) is 0 Å². The number of aliphatic carboxylic acids is 1. The molecule has 5 nitrogen and oxygen atoms in total. The number of rotatable bonds is 5. The number of hydrogen-bond donors (Lipinski definition) is 2. The molecule has 2 N–H and O–H groups in total. The van der Waals surface area contributed by atoms with Crippen molar-refractivity contribution in [2.75, 3.05) is 5.32 Å². The zero-order valence-electron chi connectivity index (χ0n) is 14.4. The van der Waals surface area contributed by atoms with Crippen molar-refractivity contribution in [2.45, 2.75) is 12.8 Å². The molecular weight excluding hydrogens is 366 g/mol. The molecule has 0 aliphatic heterocycles. The highest BCUT2D eigenvalue weighted by Crippen LogP contribution is 2.29. The number of halogens is 1. The van der Waals surface area contributed by atoms with Crippen molar-refractivity contribution in [1.82, 2.24) is 0 Å². The van der Waals surface area contributed by atoms with Gasteiger partial charge >= 0.3 is 5.97 Å². The Morgan fingerprint density at radius 3 is 2.30 bits per heavy atom. The average Bonchev–Trinajstić information content (AvgIpc) is 2.69. The standard InChI is InChI=1S/C21H18ClNO4/c22-14-10-11-18(17(12-14)19(24)13-6-2-1-3-7-13)23-20(25)15-8-4-5-9-16(15)21(26)27/h1-7,10-12,15-16H,8-9H2,(H,23,25)(H,26,27). The van der Waals surface area contributed by atoms with E-state index in [4.69, 9.17) is 11.6 Å². The van der Waals surface area contributed by atoms with Crippen molar-refractivity contribution in [3.63, 3.8) is 0 Å². The molecule has 0 fully saturated rings. The van der Waals surface area contributed by atoms with E-state index in [1.165, 1.54) is 6.07 Å². The number of amides is 1. The van der Waals surface area contributed by atoms with Gasteiger partial charge < -0.3 is 10.4 Å². The van der Waals surface area contributed by atoms with E-state index in [9.17, 15) is 19.5 Å². The first kappa shape index (κ1) is 18.9. The first-order chi connectivity index (χ1) is 13.0. The first-order valence-electron chi connectivity index (χ1n) is 8.55. The first-order valence-corrected chi connectivity index (χ1v) is 8.93. The molecular formula is C21H18ClNO4. The monoisotopic (exact) mass is 383 g/mol. The van der Waals surface area contributed by atoms with E-state index in [0.717, 1.165) is 0 Å². The lowest BCUT2D eigenvalue weighted by Gasteiger charge is -2.24. The van der Waals surface area contributed by atoms with Gasteiger partial charge in [-0.3, -0.25) is 14.4 Å². The molecule has 1 aliphatic carbocycles. The second kappa shape index (κ2) is 8.18. The number of carbonyl (C=O) groups is 3. The van der Waals surface area contributed by atoms with Crippen LogP contribution < -0.4 is 5.32 Å². The van der Waals surface area contributed by atoms with Gasteiger partial charge in [-0.15, -0.1) is 0 Å². The summed E-state index contributed by atoms with van der Waals surface area (Å²) in [6, 6.07) is 13.3. The van der Waals surface area contributed by atoms with Crippen LogP contribution in [0.2, 0.25) is 5.02 Å². The summed E-state index contributed by atoms with van der Waals surface area (Å²) in [7, 11) is 0. The van der Waals surface area contributed by atoms with Gasteiger partial charge in [-0.05, 0) is 31.0 Å². The van der Waals surface area contributed by atoms with Gasteiger partial charge in [0.05, 0.1) is 17.5 Å². The lowest BCUT2D eigenvalue weighted by molar-refractivity contribution is -0.146. The molecule has 0 saturated heterocycles. The Labute approximate surface area is 161 Å². The van der Waals surface area contributed by atoms with E-state index in [0.29, 0.717) is 29.1 Å². The number of ketones is 1. The smallest absolute Gasteiger partial charge is 0.307 e. The topological polar surface area (TPSA) is 83.5 Å². The summed E-state index contributed by atoms with van der Waals surface area (Å²) in [6.45, 7) is 0. The normalized spacial score (nSPS) is 18.7. The van der Waals surface area contributed by atoms with Crippen LogP contribution in [-0.2, 0) is 9.59 Å². The van der Waals surface area contributed by atoms with Crippen LogP contribution in [0.25, 0.3) is 0 Å². The summed E-state index contributed by atoms with van der Waals surface area (Å²) >= 11 is 6.05. The number of allylic oxidation sites excluding steroid dienone is 2. The minimum atomic E-state index is -1.00. The molecule has 1 amide bonds. The molecule has 2 aromatic rings. The molecule has 0 aromatic heterocycles. The van der Waals surface area contributed by atoms with E-state index in [-0.39, 0.29) is 11.3 Å². The third-order valence-corrected chi connectivity index (χ3v) is 4.84. The molecule has 0 spiro atoms. The molecule has 0 radical (unpaired) electrons. The minimum Gasteiger partial charge on any atom is -0.481 e. The number of benzene rings is 2. The molecule has 1 aliphatic rings. The number of carboxylic acid groups (broad SMARTS) is 1. The van der Waals surface area contributed by atoms with E-state index >= 15 is 0 Å². The third-order valence-electron chi connectivity index (χ3n) is 4.61. The molecule has 138 valence electrons. The van der Waals surface area contributed by atoms with Gasteiger partial charge in [0.1, 0.15) is 0 Å². The van der Waals surface area contributed by atoms with Crippen molar-refractivity contribution >= 4 is 34.9 Å². The van der Waals surface area contributed by atoms with E-state index in [1.807, 2.05) is 6.08 Å². The number of carboxylic acids is 1. The Balaban J connectivity index is 1.89. The Bertz CT molecular complexity index is 908. The van der Waals surface area contributed by atoms with Crippen molar-refractivity contribution in [1.29, 1.82) is 0 Å². The second-order valence-corrected chi connectivity index (χ2v) is 6.80. The number of hydrogen-bond acceptors (Lipinski definition) is 3. The Kier molecular flexibility index (Phi) is 5.72. The van der Waals surface area contributed by atoms with E-state index < -0.39 is 23.7 Å². The fraction of sp³-hybridized carbons (Fsp3) is 0.190. The van der Waals surface area contributed by atoms with Crippen LogP contribution in [0.1, 0.15) is 28.8 Å². The van der Waals surface area contributed by atoms with Gasteiger partial charge in [0.2, 0.25) is 5.91 Å². The van der Waals surface area contributed by atoms with Crippen LogP contribution in [0.5, 0.6) is 0 Å². The van der Waals surface area contributed by atoms with Gasteiger partial charge in [-0.1, -0.05) is 54.1 Å². The summed E-state index contributed by atoms with van der Waals surface area (Å²) in [4.78, 5) is 37.0. The number of anilines is 1. The van der Waals surface area contributed by atoms with E-state index in [2.05, 4.69) is 5.32 Å². The summed E-state index contributed by atoms with van der Waals surface area (Å²) in [6.07, 6.45) is 4.24. The SMILES string of the molecule is O=C(c1ccccc1)c1cc(Cl)ccc1NC(=O)C1CC=CCC1C(=O)O. The minimum absolute atomic E-state index is 0.264. The lowest BCUT2D eigenvalue weighted by atomic mass is 9.82. The van der Waals surface area contributed by atoms with Crippen molar-refractivity contribution in [3.05, 3.63) is 76.8 Å². The van der Waals surface area contributed by atoms with Crippen molar-refractivity contribution < 1.29 is 19.5 Å². The highest BCUT2D eigenvalue weighted by molar-refractivity contribution is 6.31. The van der Waals surface area contributed by atoms with Crippen LogP contribution in [-0.4, -0.2) is 22.8 Å². The predicted molar refractivity (Wildman–Crippen MR) is 103 cm³/mol. The Morgan fingerprint density at radius 2 is 1.63 bits per heavy atom. The van der Waals surface area contributed by atoms with Crippen molar-refractivity contribution in [3.8, 4) is 0 Å². The quantitative estimate of drug-likeness (QED) is 0.599. The van der Waals surface area contributed by atoms with E-state index in [1.54, 1.807) is 48.5 Å². The second-order valence-electron chi connectivity index (χ2n) is 6.37. The molecule has 0 bridgehead atoms. The van der Waals surface area contributed by atoms with Gasteiger partial charge in [-0.25, -0.2) is 0 Å². The highest BCUT2D eigenvalue weighted by Gasteiger charge is 2.34. The Hall–Kier alpha value is -2.92. The van der Waals surface area contributed by atoms with Gasteiger partial charge in [0.25, 0.3) is 0 Å². The molecule has 27 heavy (non-hydrogen) atoms. The maximum atomic E-state index is 12.8. The molecule has 2 unspecified atom stereocenters. The zero-order chi connectivity index (χ0) is 19.4. The molecule has 0 saturated carbocycles. The molecule has 0 heterocycles. The maximum absolute atomic E-state index is 12.8. The molecule has 2 atom stereocenters. The largest absolute Gasteiger partial charge is 0.481 e. The Morgan fingerprint density at radius 1 is 0.963 bits per heavy atom.